The molecule has 3 rings (SSSR count). The van der Waals surface area contributed by atoms with Crippen LogP contribution in [0.5, 0.6) is 0 Å². The van der Waals surface area contributed by atoms with Crippen molar-refractivity contribution in [1.82, 2.24) is 5.32 Å². The van der Waals surface area contributed by atoms with Crippen molar-refractivity contribution in [3.8, 4) is 0 Å². The minimum atomic E-state index is 0.0824. The third-order valence-corrected chi connectivity index (χ3v) is 5.07. The molecule has 2 heteroatoms. The highest BCUT2D eigenvalue weighted by Gasteiger charge is 2.42. The molecule has 1 N–H and O–H groups in total. The molecule has 2 aliphatic carbocycles. The molecule has 0 unspecified atom stereocenters. The van der Waals surface area contributed by atoms with E-state index >= 15 is 0 Å². The van der Waals surface area contributed by atoms with Gasteiger partial charge < -0.3 is 5.32 Å². The Morgan fingerprint density at radius 3 is 2.79 bits per heavy atom. The number of hydrogen-bond donors (Lipinski definition) is 1. The van der Waals surface area contributed by atoms with Gasteiger partial charge in [0.2, 0.25) is 0 Å². The first-order chi connectivity index (χ1) is 9.13. The molecule has 2 fully saturated rings. The van der Waals surface area contributed by atoms with E-state index < -0.39 is 0 Å². The Hall–Kier alpha value is -1.31. The average molecular weight is 257 g/mol. The Kier molecular flexibility index (Phi) is 3.34. The Bertz CT molecular complexity index is 482. The van der Waals surface area contributed by atoms with Gasteiger partial charge in [-0.2, -0.15) is 0 Å². The molecule has 2 aliphatic rings. The molecule has 1 amide bonds. The number of nitrogens with one attached hydrogen (secondary N) is 1. The second kappa shape index (κ2) is 4.99. The zero-order valence-corrected chi connectivity index (χ0v) is 11.9. The zero-order chi connectivity index (χ0) is 13.4. The number of aryl methyl sites for hydroxylation is 1. The highest BCUT2D eigenvalue weighted by atomic mass is 16.1. The first kappa shape index (κ1) is 12.7. The molecule has 0 aliphatic heterocycles. The third kappa shape index (κ3) is 2.54. The quantitative estimate of drug-likeness (QED) is 0.881. The number of fused-ring (bicyclic) bond motifs is 2. The van der Waals surface area contributed by atoms with E-state index in [1.807, 2.05) is 31.2 Å². The molecular weight excluding hydrogens is 234 g/mol. The highest BCUT2D eigenvalue weighted by Crippen LogP contribution is 2.49. The van der Waals surface area contributed by atoms with Crippen LogP contribution >= 0.6 is 0 Å². The van der Waals surface area contributed by atoms with Gasteiger partial charge in [-0.25, -0.2) is 0 Å². The van der Waals surface area contributed by atoms with E-state index in [1.165, 1.54) is 25.7 Å². The summed E-state index contributed by atoms with van der Waals surface area (Å²) in [4.78, 5) is 12.3. The van der Waals surface area contributed by atoms with E-state index in [2.05, 4.69) is 12.2 Å². The topological polar surface area (TPSA) is 29.1 Å². The SMILES string of the molecule is Cc1cccc(C(=O)N[C@H](C)[C@H]2C[C@@H]3CC[C@H]2C3)c1. The Morgan fingerprint density at radius 2 is 2.16 bits per heavy atom. The predicted octanol–water partition coefficient (Wildman–Crippen LogP) is 3.55. The van der Waals surface area contributed by atoms with Crippen molar-refractivity contribution in [1.29, 1.82) is 0 Å². The predicted molar refractivity (Wildman–Crippen MR) is 77.0 cm³/mol. The second-order valence-corrected chi connectivity index (χ2v) is 6.47. The second-order valence-electron chi connectivity index (χ2n) is 6.47. The fourth-order valence-corrected chi connectivity index (χ4v) is 4.09. The lowest BCUT2D eigenvalue weighted by Crippen LogP contribution is -2.40. The first-order valence-electron chi connectivity index (χ1n) is 7.51. The summed E-state index contributed by atoms with van der Waals surface area (Å²) in [6, 6.07) is 8.14. The minimum absolute atomic E-state index is 0.0824. The maximum atomic E-state index is 12.3. The summed E-state index contributed by atoms with van der Waals surface area (Å²) in [5, 5.41) is 3.21. The van der Waals surface area contributed by atoms with Gasteiger partial charge in [0, 0.05) is 11.6 Å². The van der Waals surface area contributed by atoms with Crippen LogP contribution in [0.4, 0.5) is 0 Å². The number of hydrogen-bond acceptors (Lipinski definition) is 1. The monoisotopic (exact) mass is 257 g/mol. The maximum absolute atomic E-state index is 12.3. The van der Waals surface area contributed by atoms with Gasteiger partial charge in [-0.3, -0.25) is 4.79 Å². The molecule has 4 atom stereocenters. The van der Waals surface area contributed by atoms with Gasteiger partial charge >= 0.3 is 0 Å². The minimum Gasteiger partial charge on any atom is -0.349 e. The molecule has 2 bridgehead atoms. The smallest absolute Gasteiger partial charge is 0.251 e. The van der Waals surface area contributed by atoms with E-state index in [9.17, 15) is 4.79 Å². The number of benzene rings is 1. The van der Waals surface area contributed by atoms with E-state index in [0.717, 1.165) is 23.0 Å². The van der Waals surface area contributed by atoms with Crippen LogP contribution in [0.3, 0.4) is 0 Å². The van der Waals surface area contributed by atoms with Crippen LogP contribution in [0.1, 0.15) is 48.5 Å². The van der Waals surface area contributed by atoms with Crippen molar-refractivity contribution in [2.24, 2.45) is 17.8 Å². The van der Waals surface area contributed by atoms with Gasteiger partial charge in [0.15, 0.2) is 0 Å². The molecule has 2 saturated carbocycles. The molecule has 0 heterocycles. The summed E-state index contributed by atoms with van der Waals surface area (Å²) in [5.74, 6) is 2.58. The van der Waals surface area contributed by atoms with Crippen LogP contribution in [-0.2, 0) is 0 Å². The summed E-state index contributed by atoms with van der Waals surface area (Å²) < 4.78 is 0. The molecule has 19 heavy (non-hydrogen) atoms. The third-order valence-electron chi connectivity index (χ3n) is 5.07. The zero-order valence-electron chi connectivity index (χ0n) is 11.9. The molecular formula is C17H23NO. The fraction of sp³-hybridized carbons (Fsp3) is 0.588. The van der Waals surface area contributed by atoms with Crippen LogP contribution in [0.15, 0.2) is 24.3 Å². The van der Waals surface area contributed by atoms with Crippen molar-refractivity contribution in [3.63, 3.8) is 0 Å². The van der Waals surface area contributed by atoms with Crippen LogP contribution in [0, 0.1) is 24.7 Å². The normalized spacial score (nSPS) is 30.3. The lowest BCUT2D eigenvalue weighted by atomic mass is 9.84. The summed E-state index contributed by atoms with van der Waals surface area (Å²) in [6.45, 7) is 4.20. The van der Waals surface area contributed by atoms with Crippen molar-refractivity contribution in [3.05, 3.63) is 35.4 Å². The molecule has 0 radical (unpaired) electrons. The summed E-state index contributed by atoms with van der Waals surface area (Å²) in [6.07, 6.45) is 5.51. The standard InChI is InChI=1S/C17H23NO/c1-11-4-3-5-15(8-11)17(19)18-12(2)16-10-13-6-7-14(16)9-13/h3-5,8,12-14,16H,6-7,9-10H2,1-2H3,(H,18,19)/t12-,13-,14+,16-/m1/s1. The molecule has 102 valence electrons. The van der Waals surface area contributed by atoms with Crippen molar-refractivity contribution < 1.29 is 4.79 Å². The van der Waals surface area contributed by atoms with Crippen molar-refractivity contribution >= 4 is 5.91 Å². The molecule has 1 aromatic carbocycles. The van der Waals surface area contributed by atoms with Crippen molar-refractivity contribution in [2.75, 3.05) is 0 Å². The van der Waals surface area contributed by atoms with E-state index in [1.54, 1.807) is 0 Å². The van der Waals surface area contributed by atoms with Crippen LogP contribution in [0.25, 0.3) is 0 Å². The van der Waals surface area contributed by atoms with E-state index in [4.69, 9.17) is 0 Å². The number of carbonyl (C=O) groups is 1. The maximum Gasteiger partial charge on any atom is 0.251 e. The van der Waals surface area contributed by atoms with Gasteiger partial charge in [-0.15, -0.1) is 0 Å². The van der Waals surface area contributed by atoms with Gasteiger partial charge in [0.25, 0.3) is 5.91 Å². The fourth-order valence-electron chi connectivity index (χ4n) is 4.09. The van der Waals surface area contributed by atoms with Crippen molar-refractivity contribution in [2.45, 2.75) is 45.6 Å². The summed E-state index contributed by atoms with van der Waals surface area (Å²) in [5.41, 5.74) is 1.93. The van der Waals surface area contributed by atoms with Gasteiger partial charge in [0.05, 0.1) is 0 Å². The molecule has 2 nitrogen and oxygen atoms in total. The van der Waals surface area contributed by atoms with Gasteiger partial charge in [-0.05, 0) is 63.0 Å². The van der Waals surface area contributed by atoms with E-state index in [-0.39, 0.29) is 5.91 Å². The first-order valence-corrected chi connectivity index (χ1v) is 7.51. The number of rotatable bonds is 3. The number of carbonyl (C=O) groups excluding carboxylic acids is 1. The lowest BCUT2D eigenvalue weighted by molar-refractivity contribution is 0.0915. The molecule has 0 spiro atoms. The lowest BCUT2D eigenvalue weighted by Gasteiger charge is -2.28. The van der Waals surface area contributed by atoms with Gasteiger partial charge in [0.1, 0.15) is 0 Å². The molecule has 0 saturated heterocycles. The summed E-state index contributed by atoms with van der Waals surface area (Å²) >= 11 is 0. The molecule has 0 aromatic heterocycles. The largest absolute Gasteiger partial charge is 0.349 e. The summed E-state index contributed by atoms with van der Waals surface area (Å²) in [7, 11) is 0. The van der Waals surface area contributed by atoms with Gasteiger partial charge in [-0.1, -0.05) is 24.1 Å². The molecule has 1 aromatic rings. The average Bonchev–Trinajstić information content (AvgIpc) is 3.00. The highest BCUT2D eigenvalue weighted by molar-refractivity contribution is 5.94. The van der Waals surface area contributed by atoms with Crippen LogP contribution in [0.2, 0.25) is 0 Å². The van der Waals surface area contributed by atoms with Crippen LogP contribution < -0.4 is 5.32 Å². The number of amides is 1. The Labute approximate surface area is 115 Å². The van der Waals surface area contributed by atoms with Crippen LogP contribution in [-0.4, -0.2) is 11.9 Å². The van der Waals surface area contributed by atoms with E-state index in [0.29, 0.717) is 12.0 Å². The Morgan fingerprint density at radius 1 is 1.32 bits per heavy atom. The Balaban J connectivity index is 1.63.